The van der Waals surface area contributed by atoms with Crippen LogP contribution in [0.25, 0.3) is 22.3 Å². The van der Waals surface area contributed by atoms with Crippen LogP contribution in [0.1, 0.15) is 13.8 Å². The maximum Gasteiger partial charge on any atom is 0.0483 e. The van der Waals surface area contributed by atoms with E-state index in [0.29, 0.717) is 0 Å². The summed E-state index contributed by atoms with van der Waals surface area (Å²) in [4.78, 5) is 8.80. The van der Waals surface area contributed by atoms with Gasteiger partial charge >= 0.3 is 28.2 Å². The fraction of sp³-hybridized carbons (Fsp3) is 0.133. The summed E-state index contributed by atoms with van der Waals surface area (Å²) in [7, 11) is 4.61. The molecule has 0 unspecified atom stereocenters. The molecule has 4 heteroatoms. The number of nitrogens with zero attached hydrogens (tertiary/aromatic N) is 2. The summed E-state index contributed by atoms with van der Waals surface area (Å²) in [5.41, 5.74) is 2.89. The van der Waals surface area contributed by atoms with Gasteiger partial charge in [0.25, 0.3) is 0 Å². The number of halogens is 1. The van der Waals surface area contributed by atoms with E-state index in [0.717, 1.165) is 22.3 Å². The van der Waals surface area contributed by atoms with Crippen LogP contribution in [0, 0.1) is 0 Å². The van der Waals surface area contributed by atoms with Crippen LogP contribution in [0.15, 0.2) is 54.7 Å². The summed E-state index contributed by atoms with van der Waals surface area (Å²) < 4.78 is 0. The van der Waals surface area contributed by atoms with Gasteiger partial charge in [-0.3, -0.25) is 4.98 Å². The van der Waals surface area contributed by atoms with E-state index in [2.05, 4.69) is 31.5 Å². The zero-order valence-corrected chi connectivity index (χ0v) is 13.8. The number of para-hydroxylation sites is 1. The van der Waals surface area contributed by atoms with E-state index >= 15 is 0 Å². The molecule has 3 aromatic rings. The number of rotatable bonds is 1. The van der Waals surface area contributed by atoms with E-state index < -0.39 is 0 Å². The first-order valence-electron chi connectivity index (χ1n) is 5.99. The van der Waals surface area contributed by atoms with Crippen molar-refractivity contribution in [3.63, 3.8) is 0 Å². The predicted molar refractivity (Wildman–Crippen MR) is 77.7 cm³/mol. The summed E-state index contributed by atoms with van der Waals surface area (Å²) in [6.45, 7) is 4.00. The molecule has 0 atom stereocenters. The van der Waals surface area contributed by atoms with Gasteiger partial charge < -0.3 is 4.98 Å². The van der Waals surface area contributed by atoms with Crippen molar-refractivity contribution < 1.29 is 18.8 Å². The second-order valence-electron chi connectivity index (χ2n) is 3.42. The molecule has 3 rings (SSSR count). The molecule has 0 aliphatic rings. The van der Waals surface area contributed by atoms with Crippen LogP contribution in [0.2, 0.25) is 0 Å². The first kappa shape index (κ1) is 15.9. The molecule has 0 bridgehead atoms. The minimum absolute atomic E-state index is 0.925. The van der Waals surface area contributed by atoms with Gasteiger partial charge in [-0.25, -0.2) is 0 Å². The molecule has 0 amide bonds. The van der Waals surface area contributed by atoms with Crippen LogP contribution in [-0.2, 0) is 18.8 Å². The monoisotopic (exact) mass is 453 g/mol. The van der Waals surface area contributed by atoms with Crippen molar-refractivity contribution in [3.8, 4) is 11.4 Å². The van der Waals surface area contributed by atoms with Crippen molar-refractivity contribution in [2.75, 3.05) is 0 Å². The SMILES string of the molecule is CC.[Cl][Pt+].c1ccc(-c2cc3ccccc3[n-]2)nc1. The Labute approximate surface area is 129 Å². The molecular weight excluding hydrogens is 439 g/mol. The third-order valence-electron chi connectivity index (χ3n) is 2.40. The van der Waals surface area contributed by atoms with Gasteiger partial charge in [0.1, 0.15) is 0 Å². The Morgan fingerprint density at radius 3 is 2.32 bits per heavy atom. The third-order valence-corrected chi connectivity index (χ3v) is 2.40. The molecule has 1 aromatic carbocycles. The Kier molecular flexibility index (Phi) is 7.47. The minimum Gasteiger partial charge on any atom is -0.656 e. The van der Waals surface area contributed by atoms with Crippen LogP contribution in [-0.4, -0.2) is 4.98 Å². The van der Waals surface area contributed by atoms with Gasteiger partial charge in [-0.1, -0.05) is 50.2 Å². The van der Waals surface area contributed by atoms with Crippen LogP contribution >= 0.6 is 9.42 Å². The number of benzene rings is 1. The topological polar surface area (TPSA) is 27.0 Å². The zero-order valence-electron chi connectivity index (χ0n) is 10.8. The van der Waals surface area contributed by atoms with Crippen molar-refractivity contribution in [3.05, 3.63) is 54.7 Å². The first-order chi connectivity index (χ1) is 9.43. The van der Waals surface area contributed by atoms with E-state index in [4.69, 9.17) is 0 Å². The molecule has 0 N–H and O–H groups in total. The fourth-order valence-electron chi connectivity index (χ4n) is 1.67. The van der Waals surface area contributed by atoms with Crippen molar-refractivity contribution in [1.29, 1.82) is 0 Å². The molecule has 102 valence electrons. The molecule has 2 nitrogen and oxygen atoms in total. The number of pyridine rings is 1. The zero-order chi connectivity index (χ0) is 14.1. The molecule has 0 spiro atoms. The maximum atomic E-state index is 4.61. The Balaban J connectivity index is 0.000000415. The van der Waals surface area contributed by atoms with Crippen LogP contribution in [0.4, 0.5) is 0 Å². The largest absolute Gasteiger partial charge is 0.656 e. The van der Waals surface area contributed by atoms with Crippen LogP contribution < -0.4 is 4.98 Å². The van der Waals surface area contributed by atoms with Crippen molar-refractivity contribution in [1.82, 2.24) is 9.97 Å². The van der Waals surface area contributed by atoms with Crippen molar-refractivity contribution in [2.45, 2.75) is 13.8 Å². The first-order valence-corrected chi connectivity index (χ1v) is 8.81. The van der Waals surface area contributed by atoms with E-state index in [-0.39, 0.29) is 0 Å². The molecule has 19 heavy (non-hydrogen) atoms. The summed E-state index contributed by atoms with van der Waals surface area (Å²) >= 11 is 1.61. The molecule has 2 heterocycles. The molecule has 0 aliphatic heterocycles. The van der Waals surface area contributed by atoms with Gasteiger partial charge in [0.15, 0.2) is 0 Å². The number of aromatic nitrogens is 2. The summed E-state index contributed by atoms with van der Waals surface area (Å²) in [6.07, 6.45) is 1.79. The Bertz CT molecular complexity index is 560. The molecule has 0 saturated heterocycles. The maximum absolute atomic E-state index is 4.61. The summed E-state index contributed by atoms with van der Waals surface area (Å²) in [5, 5.41) is 1.16. The third kappa shape index (κ3) is 4.19. The number of hydrogen-bond donors (Lipinski definition) is 0. The molecule has 0 saturated carbocycles. The second kappa shape index (κ2) is 8.90. The summed E-state index contributed by atoms with van der Waals surface area (Å²) in [5.74, 6) is 0. The molecule has 0 radical (unpaired) electrons. The molecule has 2 aromatic heterocycles. The van der Waals surface area contributed by atoms with Gasteiger partial charge in [-0.2, -0.15) is 0 Å². The average Bonchev–Trinajstić information content (AvgIpc) is 2.96. The number of fused-ring (bicyclic) bond motifs is 1. The van der Waals surface area contributed by atoms with Crippen LogP contribution in [0.3, 0.4) is 0 Å². The minimum atomic E-state index is 0.925. The number of hydrogen-bond acceptors (Lipinski definition) is 1. The second-order valence-corrected chi connectivity index (χ2v) is 3.42. The van der Waals surface area contributed by atoms with E-state index in [9.17, 15) is 0 Å². The Morgan fingerprint density at radius 1 is 1.00 bits per heavy atom. The smallest absolute Gasteiger partial charge is 0.0483 e. The van der Waals surface area contributed by atoms with Gasteiger partial charge in [0.2, 0.25) is 0 Å². The quantitative estimate of drug-likeness (QED) is 0.539. The Hall–Kier alpha value is -1.11. The van der Waals surface area contributed by atoms with Gasteiger partial charge in [-0.15, -0.1) is 11.2 Å². The summed E-state index contributed by atoms with van der Waals surface area (Å²) in [6, 6.07) is 16.0. The van der Waals surface area contributed by atoms with Crippen molar-refractivity contribution in [2.24, 2.45) is 0 Å². The van der Waals surface area contributed by atoms with Crippen molar-refractivity contribution >= 4 is 20.3 Å². The normalized spacial score (nSPS) is 9.11. The predicted octanol–water partition coefficient (Wildman–Crippen LogP) is 4.57. The standard InChI is InChI=1S/C13H9N2.C2H6.ClH.Pt/c1-2-6-11-10(5-1)9-13(15-11)12-7-3-4-8-14-12;1-2;;/h1-9H;1-2H3;1H;/q-1;;;+2/p-1. The fourth-order valence-corrected chi connectivity index (χ4v) is 1.67. The van der Waals surface area contributed by atoms with Gasteiger partial charge in [0.05, 0.1) is 0 Å². The van der Waals surface area contributed by atoms with Gasteiger partial charge in [0, 0.05) is 11.9 Å². The van der Waals surface area contributed by atoms with E-state index in [1.807, 2.05) is 50.2 Å². The van der Waals surface area contributed by atoms with E-state index in [1.54, 1.807) is 25.0 Å². The molecular formula is C15H15ClN2Pt. The van der Waals surface area contributed by atoms with Crippen LogP contribution in [0.5, 0.6) is 0 Å². The Morgan fingerprint density at radius 2 is 1.68 bits per heavy atom. The molecule has 0 aliphatic carbocycles. The molecule has 0 fully saturated rings. The average molecular weight is 454 g/mol. The van der Waals surface area contributed by atoms with Gasteiger partial charge in [-0.05, 0) is 17.5 Å². The van der Waals surface area contributed by atoms with E-state index in [1.165, 1.54) is 0 Å².